The van der Waals surface area contributed by atoms with Crippen LogP contribution in [0.4, 0.5) is 4.39 Å². The smallest absolute Gasteiger partial charge is 0.335 e. The van der Waals surface area contributed by atoms with Crippen LogP contribution in [0.25, 0.3) is 0 Å². The quantitative estimate of drug-likeness (QED) is 0.932. The molecule has 0 bridgehead atoms. The predicted molar refractivity (Wildman–Crippen MR) is 69.6 cm³/mol. The fourth-order valence-corrected chi connectivity index (χ4v) is 1.72. The van der Waals surface area contributed by atoms with Crippen LogP contribution in [0.5, 0.6) is 11.5 Å². The van der Waals surface area contributed by atoms with Crippen molar-refractivity contribution in [2.24, 2.45) is 0 Å². The van der Waals surface area contributed by atoms with Crippen molar-refractivity contribution in [3.05, 3.63) is 58.4 Å². The molecule has 6 heteroatoms. The minimum absolute atomic E-state index is 0.0286. The maximum Gasteiger partial charge on any atom is 0.335 e. The molecule has 4 nitrogen and oxygen atoms in total. The molecule has 1 N–H and O–H groups in total. The van der Waals surface area contributed by atoms with E-state index in [1.807, 2.05) is 6.07 Å². The van der Waals surface area contributed by atoms with Gasteiger partial charge in [0, 0.05) is 0 Å². The molecule has 2 aromatic rings. The van der Waals surface area contributed by atoms with Gasteiger partial charge in [0.2, 0.25) is 0 Å². The van der Waals surface area contributed by atoms with E-state index >= 15 is 0 Å². The maximum atomic E-state index is 12.9. The Morgan fingerprint density at radius 3 is 2.55 bits per heavy atom. The first-order chi connectivity index (χ1) is 9.51. The Bertz CT molecular complexity index is 725. The second kappa shape index (κ2) is 5.59. The second-order valence-electron chi connectivity index (χ2n) is 3.80. The van der Waals surface area contributed by atoms with Gasteiger partial charge in [0.15, 0.2) is 0 Å². The summed E-state index contributed by atoms with van der Waals surface area (Å²) in [6.07, 6.45) is 0. The van der Waals surface area contributed by atoms with Gasteiger partial charge in [-0.25, -0.2) is 9.18 Å². The van der Waals surface area contributed by atoms with Crippen molar-refractivity contribution in [3.63, 3.8) is 0 Å². The van der Waals surface area contributed by atoms with Crippen LogP contribution in [-0.2, 0) is 0 Å². The molecule has 2 aromatic carbocycles. The lowest BCUT2D eigenvalue weighted by atomic mass is 10.1. The third-order valence-corrected chi connectivity index (χ3v) is 2.76. The summed E-state index contributed by atoms with van der Waals surface area (Å²) >= 11 is 5.81. The number of aromatic carboxylic acids is 1. The summed E-state index contributed by atoms with van der Waals surface area (Å²) in [6.45, 7) is 0. The molecule has 0 atom stereocenters. The molecular weight excluding hydrogens is 285 g/mol. The van der Waals surface area contributed by atoms with Crippen LogP contribution < -0.4 is 4.74 Å². The number of halogens is 2. The van der Waals surface area contributed by atoms with Gasteiger partial charge < -0.3 is 9.84 Å². The summed E-state index contributed by atoms with van der Waals surface area (Å²) in [7, 11) is 0. The highest BCUT2D eigenvalue weighted by Gasteiger charge is 2.11. The molecule has 0 spiro atoms. The zero-order valence-corrected chi connectivity index (χ0v) is 10.7. The maximum absolute atomic E-state index is 12.9. The second-order valence-corrected chi connectivity index (χ2v) is 4.21. The fourth-order valence-electron chi connectivity index (χ4n) is 1.52. The number of nitrogens with zero attached hydrogens (tertiary/aromatic N) is 1. The van der Waals surface area contributed by atoms with Crippen LogP contribution in [0, 0.1) is 17.1 Å². The van der Waals surface area contributed by atoms with Gasteiger partial charge in [0.05, 0.1) is 16.1 Å². The van der Waals surface area contributed by atoms with E-state index in [0.717, 1.165) is 6.07 Å². The van der Waals surface area contributed by atoms with Crippen molar-refractivity contribution < 1.29 is 19.0 Å². The average Bonchev–Trinajstić information content (AvgIpc) is 2.42. The molecular formula is C14H7ClFNO3. The molecule has 0 aromatic heterocycles. The molecule has 20 heavy (non-hydrogen) atoms. The number of rotatable bonds is 3. The van der Waals surface area contributed by atoms with E-state index in [1.54, 1.807) is 0 Å². The predicted octanol–water partition coefficient (Wildman–Crippen LogP) is 3.84. The van der Waals surface area contributed by atoms with E-state index in [9.17, 15) is 9.18 Å². The van der Waals surface area contributed by atoms with E-state index in [1.165, 1.54) is 30.3 Å². The van der Waals surface area contributed by atoms with Gasteiger partial charge in [0.1, 0.15) is 23.4 Å². The number of hydrogen-bond donors (Lipinski definition) is 1. The highest BCUT2D eigenvalue weighted by molar-refractivity contribution is 6.32. The summed E-state index contributed by atoms with van der Waals surface area (Å²) in [6, 6.07) is 9.24. The lowest BCUT2D eigenvalue weighted by Crippen LogP contribution is -1.98. The molecule has 0 fully saturated rings. The molecule has 0 aliphatic carbocycles. The number of carbonyl (C=O) groups is 1. The van der Waals surface area contributed by atoms with Crippen LogP contribution in [0.1, 0.15) is 15.9 Å². The molecule has 2 rings (SSSR count). The Hall–Kier alpha value is -2.58. The van der Waals surface area contributed by atoms with Crippen molar-refractivity contribution in [3.8, 4) is 17.6 Å². The van der Waals surface area contributed by atoms with E-state index in [-0.39, 0.29) is 27.6 Å². The number of hydrogen-bond acceptors (Lipinski definition) is 3. The Morgan fingerprint density at radius 1 is 1.25 bits per heavy atom. The Balaban J connectivity index is 2.39. The normalized spacial score (nSPS) is 9.85. The number of carboxylic acids is 1. The lowest BCUT2D eigenvalue weighted by Gasteiger charge is -2.09. The Morgan fingerprint density at radius 2 is 1.95 bits per heavy atom. The zero-order valence-electron chi connectivity index (χ0n) is 9.93. The fraction of sp³-hybridized carbons (Fsp3) is 0. The number of nitriles is 1. The summed E-state index contributed by atoms with van der Waals surface area (Å²) in [5.74, 6) is -1.34. The minimum atomic E-state index is -1.15. The van der Waals surface area contributed by atoms with Gasteiger partial charge in [-0.3, -0.25) is 0 Å². The van der Waals surface area contributed by atoms with E-state index < -0.39 is 11.8 Å². The molecule has 0 radical (unpaired) electrons. The first-order valence-electron chi connectivity index (χ1n) is 5.41. The lowest BCUT2D eigenvalue weighted by molar-refractivity contribution is 0.0697. The standard InChI is InChI=1S/C14H7ClFNO3/c15-11-6-10(16)2-4-13(11)20-12-3-1-8(14(18)19)5-9(12)7-17/h1-6H,(H,18,19). The van der Waals surface area contributed by atoms with Crippen LogP contribution >= 0.6 is 11.6 Å². The van der Waals surface area contributed by atoms with E-state index in [4.69, 9.17) is 26.7 Å². The van der Waals surface area contributed by atoms with E-state index in [0.29, 0.717) is 0 Å². The zero-order chi connectivity index (χ0) is 14.7. The van der Waals surface area contributed by atoms with Crippen LogP contribution in [0.2, 0.25) is 5.02 Å². The van der Waals surface area contributed by atoms with Crippen molar-refractivity contribution >= 4 is 17.6 Å². The van der Waals surface area contributed by atoms with Crippen molar-refractivity contribution in [2.45, 2.75) is 0 Å². The third kappa shape index (κ3) is 2.87. The van der Waals surface area contributed by atoms with Crippen LogP contribution in [0.3, 0.4) is 0 Å². The van der Waals surface area contributed by atoms with E-state index in [2.05, 4.69) is 0 Å². The highest BCUT2D eigenvalue weighted by Crippen LogP contribution is 2.31. The monoisotopic (exact) mass is 291 g/mol. The van der Waals surface area contributed by atoms with Crippen LogP contribution in [-0.4, -0.2) is 11.1 Å². The Labute approximate surface area is 118 Å². The molecule has 0 saturated heterocycles. The molecule has 0 heterocycles. The average molecular weight is 292 g/mol. The minimum Gasteiger partial charge on any atom is -0.478 e. The first-order valence-corrected chi connectivity index (χ1v) is 5.79. The molecule has 0 aliphatic rings. The third-order valence-electron chi connectivity index (χ3n) is 2.46. The number of benzene rings is 2. The largest absolute Gasteiger partial charge is 0.478 e. The highest BCUT2D eigenvalue weighted by atomic mass is 35.5. The molecule has 0 saturated carbocycles. The van der Waals surface area contributed by atoms with Gasteiger partial charge in [-0.05, 0) is 36.4 Å². The summed E-state index contributed by atoms with van der Waals surface area (Å²) in [5, 5.41) is 17.9. The van der Waals surface area contributed by atoms with Gasteiger partial charge in [-0.1, -0.05) is 11.6 Å². The molecule has 0 aliphatic heterocycles. The van der Waals surface area contributed by atoms with Crippen LogP contribution in [0.15, 0.2) is 36.4 Å². The van der Waals surface area contributed by atoms with Crippen molar-refractivity contribution in [1.29, 1.82) is 5.26 Å². The first kappa shape index (κ1) is 13.8. The molecule has 0 unspecified atom stereocenters. The number of carboxylic acid groups (broad SMARTS) is 1. The summed E-state index contributed by atoms with van der Waals surface area (Å²) in [5.41, 5.74) is 0.0180. The number of ether oxygens (including phenoxy) is 1. The SMILES string of the molecule is N#Cc1cc(C(=O)O)ccc1Oc1ccc(F)cc1Cl. The van der Waals surface area contributed by atoms with Gasteiger partial charge in [0.25, 0.3) is 0 Å². The summed E-state index contributed by atoms with van der Waals surface area (Å²) in [4.78, 5) is 10.8. The van der Waals surface area contributed by atoms with Gasteiger partial charge in [-0.15, -0.1) is 0 Å². The molecule has 100 valence electrons. The molecule has 0 amide bonds. The van der Waals surface area contributed by atoms with Crippen molar-refractivity contribution in [2.75, 3.05) is 0 Å². The van der Waals surface area contributed by atoms with Crippen molar-refractivity contribution in [1.82, 2.24) is 0 Å². The Kier molecular flexibility index (Phi) is 3.87. The topological polar surface area (TPSA) is 70.3 Å². The van der Waals surface area contributed by atoms with Gasteiger partial charge >= 0.3 is 5.97 Å². The van der Waals surface area contributed by atoms with Gasteiger partial charge in [-0.2, -0.15) is 5.26 Å². The summed E-state index contributed by atoms with van der Waals surface area (Å²) < 4.78 is 18.3.